The molecule has 4 rings (SSSR count). The maximum Gasteiger partial charge on any atom is 0.130 e. The number of ether oxygens (including phenoxy) is 1. The van der Waals surface area contributed by atoms with E-state index in [-0.39, 0.29) is 5.60 Å². The van der Waals surface area contributed by atoms with Gasteiger partial charge < -0.3 is 10.1 Å². The SMILES string of the molecule is Brc1ccc(C2=CC3(CCNCC3)Oc3ccccc32)cc1. The number of para-hydroxylation sites is 1. The highest BCUT2D eigenvalue weighted by atomic mass is 79.9. The van der Waals surface area contributed by atoms with Gasteiger partial charge in [0.25, 0.3) is 0 Å². The van der Waals surface area contributed by atoms with Crippen LogP contribution in [0.15, 0.2) is 59.1 Å². The van der Waals surface area contributed by atoms with Crippen molar-refractivity contribution < 1.29 is 4.74 Å². The molecule has 0 aromatic heterocycles. The molecular formula is C19H18BrNO. The summed E-state index contributed by atoms with van der Waals surface area (Å²) in [6, 6.07) is 16.9. The van der Waals surface area contributed by atoms with Crippen LogP contribution in [0, 0.1) is 0 Å². The first kappa shape index (κ1) is 14.0. The van der Waals surface area contributed by atoms with E-state index >= 15 is 0 Å². The van der Waals surface area contributed by atoms with Gasteiger partial charge in [-0.2, -0.15) is 0 Å². The number of benzene rings is 2. The molecule has 22 heavy (non-hydrogen) atoms. The first-order valence-corrected chi connectivity index (χ1v) is 8.53. The Morgan fingerprint density at radius 1 is 0.955 bits per heavy atom. The topological polar surface area (TPSA) is 21.3 Å². The highest BCUT2D eigenvalue weighted by Gasteiger charge is 2.36. The van der Waals surface area contributed by atoms with Crippen LogP contribution in [0.2, 0.25) is 0 Å². The Kier molecular flexibility index (Phi) is 3.55. The molecule has 1 N–H and O–H groups in total. The van der Waals surface area contributed by atoms with Crippen LogP contribution < -0.4 is 10.1 Å². The fourth-order valence-corrected chi connectivity index (χ4v) is 3.60. The molecule has 112 valence electrons. The molecule has 1 saturated heterocycles. The zero-order valence-corrected chi connectivity index (χ0v) is 13.9. The van der Waals surface area contributed by atoms with E-state index in [4.69, 9.17) is 4.74 Å². The zero-order chi connectivity index (χ0) is 15.0. The van der Waals surface area contributed by atoms with Gasteiger partial charge in [-0.3, -0.25) is 0 Å². The molecule has 3 heteroatoms. The van der Waals surface area contributed by atoms with E-state index in [0.717, 1.165) is 36.2 Å². The molecule has 0 aliphatic carbocycles. The van der Waals surface area contributed by atoms with Gasteiger partial charge in [0.2, 0.25) is 0 Å². The Labute approximate surface area is 139 Å². The lowest BCUT2D eigenvalue weighted by Crippen LogP contribution is -2.46. The summed E-state index contributed by atoms with van der Waals surface area (Å²) >= 11 is 3.52. The van der Waals surface area contributed by atoms with Crippen molar-refractivity contribution in [2.75, 3.05) is 13.1 Å². The summed E-state index contributed by atoms with van der Waals surface area (Å²) in [5, 5.41) is 3.43. The quantitative estimate of drug-likeness (QED) is 0.818. The highest BCUT2D eigenvalue weighted by molar-refractivity contribution is 9.10. The molecule has 2 aliphatic rings. The number of rotatable bonds is 1. The third-order valence-corrected chi connectivity index (χ3v) is 5.03. The summed E-state index contributed by atoms with van der Waals surface area (Å²) in [5.74, 6) is 1.00. The third kappa shape index (κ3) is 2.49. The lowest BCUT2D eigenvalue weighted by Gasteiger charge is -2.40. The van der Waals surface area contributed by atoms with Crippen LogP contribution in [0.1, 0.15) is 24.0 Å². The molecule has 1 spiro atoms. The molecule has 2 heterocycles. The zero-order valence-electron chi connectivity index (χ0n) is 12.3. The molecule has 2 nitrogen and oxygen atoms in total. The lowest BCUT2D eigenvalue weighted by atomic mass is 9.83. The molecule has 0 amide bonds. The van der Waals surface area contributed by atoms with Gasteiger partial charge in [-0.25, -0.2) is 0 Å². The van der Waals surface area contributed by atoms with Crippen molar-refractivity contribution in [2.24, 2.45) is 0 Å². The molecular weight excluding hydrogens is 338 g/mol. The molecule has 2 aromatic rings. The fourth-order valence-electron chi connectivity index (χ4n) is 3.33. The molecule has 0 radical (unpaired) electrons. The average molecular weight is 356 g/mol. The number of halogens is 1. The first-order valence-electron chi connectivity index (χ1n) is 7.74. The van der Waals surface area contributed by atoms with Gasteiger partial charge in [0.15, 0.2) is 0 Å². The number of hydrogen-bond donors (Lipinski definition) is 1. The molecule has 2 aliphatic heterocycles. The Bertz CT molecular complexity index is 714. The van der Waals surface area contributed by atoms with Gasteiger partial charge in [-0.1, -0.05) is 46.3 Å². The van der Waals surface area contributed by atoms with Crippen LogP contribution >= 0.6 is 15.9 Å². The second kappa shape index (κ2) is 5.56. The predicted octanol–water partition coefficient (Wildman–Crippen LogP) is 4.40. The largest absolute Gasteiger partial charge is 0.482 e. The minimum Gasteiger partial charge on any atom is -0.482 e. The van der Waals surface area contributed by atoms with Gasteiger partial charge in [0, 0.05) is 22.9 Å². The minimum atomic E-state index is -0.165. The molecule has 2 aromatic carbocycles. The number of nitrogens with one attached hydrogen (secondary N) is 1. The van der Waals surface area contributed by atoms with Crippen LogP contribution in [-0.4, -0.2) is 18.7 Å². The number of hydrogen-bond acceptors (Lipinski definition) is 2. The van der Waals surface area contributed by atoms with Crippen LogP contribution in [0.25, 0.3) is 5.57 Å². The summed E-state index contributed by atoms with van der Waals surface area (Å²) in [5.41, 5.74) is 3.56. The van der Waals surface area contributed by atoms with Gasteiger partial charge in [0.05, 0.1) is 0 Å². The van der Waals surface area contributed by atoms with E-state index in [1.807, 2.05) is 0 Å². The molecule has 1 fully saturated rings. The Morgan fingerprint density at radius 3 is 2.45 bits per heavy atom. The van der Waals surface area contributed by atoms with Crippen molar-refractivity contribution in [3.8, 4) is 5.75 Å². The predicted molar refractivity (Wildman–Crippen MR) is 93.1 cm³/mol. The standard InChI is InChI=1S/C19H18BrNO/c20-15-7-5-14(6-8-15)17-13-19(9-11-21-12-10-19)22-18-4-2-1-3-16(17)18/h1-8,13,21H,9-12H2. The van der Waals surface area contributed by atoms with Crippen LogP contribution in [-0.2, 0) is 0 Å². The summed E-state index contributed by atoms with van der Waals surface area (Å²) in [6.07, 6.45) is 4.38. The van der Waals surface area contributed by atoms with Crippen molar-refractivity contribution in [2.45, 2.75) is 18.4 Å². The normalized spacial score (nSPS) is 19.2. The summed E-state index contributed by atoms with van der Waals surface area (Å²) in [4.78, 5) is 0. The maximum absolute atomic E-state index is 6.41. The van der Waals surface area contributed by atoms with E-state index in [1.54, 1.807) is 0 Å². The highest BCUT2D eigenvalue weighted by Crippen LogP contribution is 2.42. The lowest BCUT2D eigenvalue weighted by molar-refractivity contribution is 0.0817. The van der Waals surface area contributed by atoms with E-state index in [1.165, 1.54) is 16.7 Å². The van der Waals surface area contributed by atoms with Crippen molar-refractivity contribution >= 4 is 21.5 Å². The number of fused-ring (bicyclic) bond motifs is 1. The van der Waals surface area contributed by atoms with Crippen LogP contribution in [0.5, 0.6) is 5.75 Å². The maximum atomic E-state index is 6.41. The molecule has 0 atom stereocenters. The van der Waals surface area contributed by atoms with Gasteiger partial charge in [-0.15, -0.1) is 0 Å². The van der Waals surface area contributed by atoms with Crippen molar-refractivity contribution in [1.82, 2.24) is 5.32 Å². The van der Waals surface area contributed by atoms with Gasteiger partial charge in [0.1, 0.15) is 11.4 Å². The fraction of sp³-hybridized carbons (Fsp3) is 0.263. The molecule has 0 bridgehead atoms. The Hall–Kier alpha value is -1.58. The van der Waals surface area contributed by atoms with E-state index in [0.29, 0.717) is 0 Å². The van der Waals surface area contributed by atoms with E-state index in [2.05, 4.69) is 75.9 Å². The van der Waals surface area contributed by atoms with Crippen LogP contribution in [0.4, 0.5) is 0 Å². The first-order chi connectivity index (χ1) is 10.8. The van der Waals surface area contributed by atoms with E-state index < -0.39 is 0 Å². The monoisotopic (exact) mass is 355 g/mol. The van der Waals surface area contributed by atoms with Crippen molar-refractivity contribution in [1.29, 1.82) is 0 Å². The van der Waals surface area contributed by atoms with Gasteiger partial charge in [-0.05, 0) is 48.5 Å². The second-order valence-electron chi connectivity index (χ2n) is 5.98. The van der Waals surface area contributed by atoms with Crippen molar-refractivity contribution in [3.63, 3.8) is 0 Å². The molecule has 0 saturated carbocycles. The van der Waals surface area contributed by atoms with Crippen molar-refractivity contribution in [3.05, 3.63) is 70.2 Å². The minimum absolute atomic E-state index is 0.165. The Balaban J connectivity index is 1.85. The van der Waals surface area contributed by atoms with Gasteiger partial charge >= 0.3 is 0 Å². The average Bonchev–Trinajstić information content (AvgIpc) is 2.56. The smallest absolute Gasteiger partial charge is 0.130 e. The summed E-state index contributed by atoms with van der Waals surface area (Å²) in [6.45, 7) is 2.01. The summed E-state index contributed by atoms with van der Waals surface area (Å²) < 4.78 is 7.52. The van der Waals surface area contributed by atoms with Crippen LogP contribution in [0.3, 0.4) is 0 Å². The third-order valence-electron chi connectivity index (χ3n) is 4.50. The second-order valence-corrected chi connectivity index (χ2v) is 6.89. The summed E-state index contributed by atoms with van der Waals surface area (Å²) in [7, 11) is 0. The molecule has 0 unspecified atom stereocenters. The van der Waals surface area contributed by atoms with E-state index in [9.17, 15) is 0 Å². The Morgan fingerprint density at radius 2 is 1.68 bits per heavy atom. The number of piperidine rings is 1.